The molecule has 0 saturated carbocycles. The van der Waals surface area contributed by atoms with E-state index in [1.54, 1.807) is 13.3 Å². The van der Waals surface area contributed by atoms with Gasteiger partial charge in [0.2, 0.25) is 0 Å². The number of aryl methyl sites for hydroxylation is 1. The van der Waals surface area contributed by atoms with Gasteiger partial charge in [0.1, 0.15) is 12.4 Å². The van der Waals surface area contributed by atoms with Crippen molar-refractivity contribution in [2.45, 2.75) is 25.9 Å². The second-order valence-electron chi connectivity index (χ2n) is 6.13. The Morgan fingerprint density at radius 2 is 2.16 bits per heavy atom. The molecule has 0 amide bonds. The predicted molar refractivity (Wildman–Crippen MR) is 96.9 cm³/mol. The second-order valence-corrected chi connectivity index (χ2v) is 6.13. The maximum absolute atomic E-state index is 5.48. The monoisotopic (exact) mass is 343 g/mol. The Balaban J connectivity index is 1.59. The Kier molecular flexibility index (Phi) is 6.14. The highest BCUT2D eigenvalue weighted by Crippen LogP contribution is 2.25. The summed E-state index contributed by atoms with van der Waals surface area (Å²) >= 11 is 0. The maximum Gasteiger partial charge on any atom is 0.156 e. The van der Waals surface area contributed by atoms with Gasteiger partial charge in [-0.2, -0.15) is 0 Å². The summed E-state index contributed by atoms with van der Waals surface area (Å²) in [5, 5.41) is 6.77. The lowest BCUT2D eigenvalue weighted by molar-refractivity contribution is 0.177. The maximum atomic E-state index is 5.48. The fraction of sp³-hybridized carbons (Fsp3) is 0.500. The second kappa shape index (κ2) is 8.73. The van der Waals surface area contributed by atoms with Crippen molar-refractivity contribution in [3.05, 3.63) is 41.6 Å². The fourth-order valence-electron chi connectivity index (χ4n) is 2.84. The molecule has 0 bridgehead atoms. The van der Waals surface area contributed by atoms with E-state index < -0.39 is 0 Å². The van der Waals surface area contributed by atoms with Crippen LogP contribution in [0.4, 0.5) is 11.5 Å². The van der Waals surface area contributed by atoms with Gasteiger partial charge in [-0.25, -0.2) is 9.97 Å². The number of pyridine rings is 1. The Bertz CT molecular complexity index is 689. The highest BCUT2D eigenvalue weighted by Gasteiger charge is 2.20. The van der Waals surface area contributed by atoms with Crippen molar-refractivity contribution < 1.29 is 9.47 Å². The van der Waals surface area contributed by atoms with E-state index in [-0.39, 0.29) is 0 Å². The molecule has 2 aromatic rings. The van der Waals surface area contributed by atoms with E-state index in [2.05, 4.69) is 25.6 Å². The van der Waals surface area contributed by atoms with Gasteiger partial charge in [-0.15, -0.1) is 0 Å². The molecule has 2 aromatic heterocycles. The molecule has 2 N–H and O–H groups in total. The van der Waals surface area contributed by atoms with E-state index in [9.17, 15) is 0 Å². The number of anilines is 2. The number of aromatic nitrogens is 3. The van der Waals surface area contributed by atoms with Gasteiger partial charge in [-0.3, -0.25) is 4.98 Å². The molecule has 1 saturated heterocycles. The summed E-state index contributed by atoms with van der Waals surface area (Å²) in [6.45, 7) is 5.52. The van der Waals surface area contributed by atoms with Gasteiger partial charge >= 0.3 is 0 Å². The molecule has 134 valence electrons. The zero-order chi connectivity index (χ0) is 17.5. The van der Waals surface area contributed by atoms with Crippen LogP contribution in [0.3, 0.4) is 0 Å². The SMILES string of the molecule is COCc1nc(NCCNc2ccncc2C)cc([C@H]2CCOC2)n1. The lowest BCUT2D eigenvalue weighted by Crippen LogP contribution is -2.16. The largest absolute Gasteiger partial charge is 0.383 e. The van der Waals surface area contributed by atoms with Gasteiger partial charge in [-0.1, -0.05) is 0 Å². The molecular formula is C18H25N5O2. The highest BCUT2D eigenvalue weighted by molar-refractivity contribution is 5.48. The van der Waals surface area contributed by atoms with Crippen molar-refractivity contribution in [2.24, 2.45) is 0 Å². The van der Waals surface area contributed by atoms with Crippen molar-refractivity contribution in [1.29, 1.82) is 0 Å². The van der Waals surface area contributed by atoms with E-state index in [0.717, 1.165) is 55.5 Å². The van der Waals surface area contributed by atoms with Crippen LogP contribution in [0.5, 0.6) is 0 Å². The molecular weight excluding hydrogens is 318 g/mol. The van der Waals surface area contributed by atoms with Gasteiger partial charge in [-0.05, 0) is 25.0 Å². The zero-order valence-electron chi connectivity index (χ0n) is 14.8. The Labute approximate surface area is 148 Å². The molecule has 0 unspecified atom stereocenters. The van der Waals surface area contributed by atoms with Gasteiger partial charge < -0.3 is 20.1 Å². The highest BCUT2D eigenvalue weighted by atomic mass is 16.5. The van der Waals surface area contributed by atoms with E-state index in [1.165, 1.54) is 0 Å². The first-order chi connectivity index (χ1) is 12.3. The Morgan fingerprint density at radius 1 is 1.28 bits per heavy atom. The summed E-state index contributed by atoms with van der Waals surface area (Å²) in [7, 11) is 1.66. The molecule has 3 heterocycles. The third-order valence-electron chi connectivity index (χ3n) is 4.18. The number of nitrogens with zero attached hydrogens (tertiary/aromatic N) is 3. The van der Waals surface area contributed by atoms with Crippen LogP contribution in [0.2, 0.25) is 0 Å². The molecule has 1 aliphatic rings. The van der Waals surface area contributed by atoms with Crippen LogP contribution in [0, 0.1) is 6.92 Å². The summed E-state index contributed by atoms with van der Waals surface area (Å²) < 4.78 is 10.7. The summed E-state index contributed by atoms with van der Waals surface area (Å²) in [4.78, 5) is 13.2. The number of rotatable bonds is 8. The molecule has 3 rings (SSSR count). The van der Waals surface area contributed by atoms with Gasteiger partial charge in [0.15, 0.2) is 5.82 Å². The first-order valence-corrected chi connectivity index (χ1v) is 8.59. The molecule has 7 heteroatoms. The normalized spacial score (nSPS) is 16.8. The third kappa shape index (κ3) is 4.87. The van der Waals surface area contributed by atoms with Crippen molar-refractivity contribution in [2.75, 3.05) is 44.0 Å². The molecule has 1 fully saturated rings. The van der Waals surface area contributed by atoms with Crippen LogP contribution >= 0.6 is 0 Å². The minimum absolute atomic E-state index is 0.344. The minimum atomic E-state index is 0.344. The summed E-state index contributed by atoms with van der Waals surface area (Å²) in [6, 6.07) is 4.01. The summed E-state index contributed by atoms with van der Waals surface area (Å²) in [5.74, 6) is 1.88. The molecule has 0 aliphatic carbocycles. The molecule has 7 nitrogen and oxygen atoms in total. The third-order valence-corrected chi connectivity index (χ3v) is 4.18. The van der Waals surface area contributed by atoms with Crippen LogP contribution in [0.25, 0.3) is 0 Å². The van der Waals surface area contributed by atoms with Crippen LogP contribution < -0.4 is 10.6 Å². The molecule has 0 spiro atoms. The fourth-order valence-corrected chi connectivity index (χ4v) is 2.84. The van der Waals surface area contributed by atoms with Crippen molar-refractivity contribution in [3.63, 3.8) is 0 Å². The number of methoxy groups -OCH3 is 1. The smallest absolute Gasteiger partial charge is 0.156 e. The first-order valence-electron chi connectivity index (χ1n) is 8.59. The van der Waals surface area contributed by atoms with Gasteiger partial charge in [0, 0.05) is 56.9 Å². The lowest BCUT2D eigenvalue weighted by Gasteiger charge is -2.13. The quantitative estimate of drug-likeness (QED) is 0.712. The minimum Gasteiger partial charge on any atom is -0.383 e. The Morgan fingerprint density at radius 3 is 2.92 bits per heavy atom. The van der Waals surface area contributed by atoms with Crippen molar-refractivity contribution >= 4 is 11.5 Å². The molecule has 0 radical (unpaired) electrons. The van der Waals surface area contributed by atoms with E-state index in [1.807, 2.05) is 25.3 Å². The average molecular weight is 343 g/mol. The van der Waals surface area contributed by atoms with E-state index in [4.69, 9.17) is 9.47 Å². The zero-order valence-corrected chi connectivity index (χ0v) is 14.8. The van der Waals surface area contributed by atoms with Crippen LogP contribution in [0.15, 0.2) is 24.5 Å². The number of nitrogens with one attached hydrogen (secondary N) is 2. The number of hydrogen-bond donors (Lipinski definition) is 2. The van der Waals surface area contributed by atoms with E-state index >= 15 is 0 Å². The van der Waals surface area contributed by atoms with Crippen LogP contribution in [-0.2, 0) is 16.1 Å². The summed E-state index contributed by atoms with van der Waals surface area (Å²) in [5.41, 5.74) is 3.26. The molecule has 0 aromatic carbocycles. The Hall–Kier alpha value is -2.25. The van der Waals surface area contributed by atoms with Crippen molar-refractivity contribution in [1.82, 2.24) is 15.0 Å². The molecule has 25 heavy (non-hydrogen) atoms. The number of hydrogen-bond acceptors (Lipinski definition) is 7. The van der Waals surface area contributed by atoms with Crippen LogP contribution in [-0.4, -0.2) is 48.4 Å². The molecule has 1 aliphatic heterocycles. The van der Waals surface area contributed by atoms with Crippen molar-refractivity contribution in [3.8, 4) is 0 Å². The average Bonchev–Trinajstić information content (AvgIpc) is 3.15. The van der Waals surface area contributed by atoms with Crippen LogP contribution in [0.1, 0.15) is 29.4 Å². The molecule has 1 atom stereocenters. The topological polar surface area (TPSA) is 81.2 Å². The van der Waals surface area contributed by atoms with E-state index in [0.29, 0.717) is 18.3 Å². The summed E-state index contributed by atoms with van der Waals surface area (Å²) in [6.07, 6.45) is 4.65. The first kappa shape index (κ1) is 17.6. The van der Waals surface area contributed by atoms with Gasteiger partial charge in [0.25, 0.3) is 0 Å². The lowest BCUT2D eigenvalue weighted by atomic mass is 10.0. The van der Waals surface area contributed by atoms with Gasteiger partial charge in [0.05, 0.1) is 12.3 Å². The standard InChI is InChI=1S/C18H25N5O2/c1-13-10-19-5-3-15(13)20-6-7-21-17-9-16(14-4-8-25-11-14)22-18(23-17)12-24-2/h3,5,9-10,14H,4,6-8,11-12H2,1-2H3,(H,19,20)(H,21,22,23)/t14-/m0/s1. The number of ether oxygens (including phenoxy) is 2. The predicted octanol–water partition coefficient (Wildman–Crippen LogP) is 2.35.